The summed E-state index contributed by atoms with van der Waals surface area (Å²) in [4.78, 5) is 14.0. The van der Waals surface area contributed by atoms with Crippen LogP contribution in [0.3, 0.4) is 0 Å². The molecule has 104 valence electrons. The van der Waals surface area contributed by atoms with Gasteiger partial charge in [-0.2, -0.15) is 0 Å². The molecule has 5 heteroatoms. The third kappa shape index (κ3) is 3.31. The van der Waals surface area contributed by atoms with E-state index in [1.54, 1.807) is 24.3 Å². The Balaban J connectivity index is 2.37. The van der Waals surface area contributed by atoms with Crippen molar-refractivity contribution < 1.29 is 9.90 Å². The third-order valence-corrected chi connectivity index (χ3v) is 3.35. The first kappa shape index (κ1) is 14.9. The van der Waals surface area contributed by atoms with E-state index in [1.807, 2.05) is 18.2 Å². The van der Waals surface area contributed by atoms with E-state index in [4.69, 9.17) is 28.3 Å². The number of anilines is 1. The van der Waals surface area contributed by atoms with Crippen LogP contribution < -0.4 is 4.90 Å². The lowest BCUT2D eigenvalue weighted by Crippen LogP contribution is -2.33. The van der Waals surface area contributed by atoms with Crippen LogP contribution in [0, 0.1) is 0 Å². The summed E-state index contributed by atoms with van der Waals surface area (Å²) in [6, 6.07) is 13.9. The maximum atomic E-state index is 12.6. The molecule has 0 atom stereocenters. The van der Waals surface area contributed by atoms with Crippen molar-refractivity contribution in [1.82, 2.24) is 0 Å². The largest absolute Gasteiger partial charge is 0.395 e. The van der Waals surface area contributed by atoms with Gasteiger partial charge in [0, 0.05) is 17.3 Å². The summed E-state index contributed by atoms with van der Waals surface area (Å²) < 4.78 is 0. The second kappa shape index (κ2) is 6.75. The van der Waals surface area contributed by atoms with Gasteiger partial charge >= 0.3 is 0 Å². The Kier molecular flexibility index (Phi) is 5.01. The van der Waals surface area contributed by atoms with Crippen molar-refractivity contribution in [3.63, 3.8) is 0 Å². The van der Waals surface area contributed by atoms with Crippen LogP contribution in [0.2, 0.25) is 10.0 Å². The summed E-state index contributed by atoms with van der Waals surface area (Å²) in [5.41, 5.74) is 1.06. The van der Waals surface area contributed by atoms with E-state index < -0.39 is 0 Å². The second-order valence-corrected chi connectivity index (χ2v) is 4.98. The molecular formula is C15H13Cl2NO2. The number of para-hydroxylation sites is 1. The summed E-state index contributed by atoms with van der Waals surface area (Å²) in [7, 11) is 0. The van der Waals surface area contributed by atoms with Crippen LogP contribution >= 0.6 is 23.2 Å². The number of carbonyl (C=O) groups is 1. The van der Waals surface area contributed by atoms with Crippen LogP contribution in [-0.4, -0.2) is 24.2 Å². The van der Waals surface area contributed by atoms with Gasteiger partial charge < -0.3 is 10.0 Å². The van der Waals surface area contributed by atoms with Crippen molar-refractivity contribution in [3.05, 3.63) is 64.1 Å². The molecule has 20 heavy (non-hydrogen) atoms. The predicted octanol–water partition coefficient (Wildman–Crippen LogP) is 3.63. The van der Waals surface area contributed by atoms with Crippen LogP contribution in [-0.2, 0) is 0 Å². The van der Waals surface area contributed by atoms with E-state index >= 15 is 0 Å². The van der Waals surface area contributed by atoms with Gasteiger partial charge in [0.2, 0.25) is 0 Å². The maximum absolute atomic E-state index is 12.6. The first-order valence-electron chi connectivity index (χ1n) is 6.06. The third-order valence-electron chi connectivity index (χ3n) is 2.80. The number of hydrogen-bond acceptors (Lipinski definition) is 2. The Morgan fingerprint density at radius 3 is 2.40 bits per heavy atom. The Morgan fingerprint density at radius 1 is 1.10 bits per heavy atom. The van der Waals surface area contributed by atoms with Gasteiger partial charge in [0.25, 0.3) is 5.91 Å². The fraction of sp³-hybridized carbons (Fsp3) is 0.133. The van der Waals surface area contributed by atoms with Gasteiger partial charge in [-0.05, 0) is 30.3 Å². The molecule has 0 spiro atoms. The molecule has 0 aliphatic carbocycles. The summed E-state index contributed by atoms with van der Waals surface area (Å²) in [5, 5.41) is 9.92. The highest BCUT2D eigenvalue weighted by atomic mass is 35.5. The van der Waals surface area contributed by atoms with E-state index in [-0.39, 0.29) is 19.1 Å². The number of halogens is 2. The summed E-state index contributed by atoms with van der Waals surface area (Å²) in [6.07, 6.45) is 0. The zero-order valence-electron chi connectivity index (χ0n) is 10.6. The molecule has 0 bridgehead atoms. The van der Waals surface area contributed by atoms with E-state index in [1.165, 1.54) is 11.0 Å². The van der Waals surface area contributed by atoms with Crippen molar-refractivity contribution in [1.29, 1.82) is 0 Å². The van der Waals surface area contributed by atoms with Gasteiger partial charge in [-0.3, -0.25) is 4.79 Å². The van der Waals surface area contributed by atoms with Crippen LogP contribution in [0.25, 0.3) is 0 Å². The van der Waals surface area contributed by atoms with Crippen LogP contribution in [0.5, 0.6) is 0 Å². The molecule has 0 unspecified atom stereocenters. The Bertz CT molecular complexity index is 602. The van der Waals surface area contributed by atoms with Gasteiger partial charge in [0.05, 0.1) is 17.2 Å². The van der Waals surface area contributed by atoms with Crippen molar-refractivity contribution in [2.45, 2.75) is 0 Å². The molecule has 0 fully saturated rings. The van der Waals surface area contributed by atoms with Crippen molar-refractivity contribution in [2.24, 2.45) is 0 Å². The number of aliphatic hydroxyl groups excluding tert-OH is 1. The Hall–Kier alpha value is -1.55. The number of carbonyl (C=O) groups excluding carboxylic acids is 1. The average molecular weight is 310 g/mol. The van der Waals surface area contributed by atoms with Gasteiger partial charge in [-0.1, -0.05) is 41.4 Å². The minimum atomic E-state index is -0.271. The fourth-order valence-corrected chi connectivity index (χ4v) is 2.35. The minimum absolute atomic E-state index is 0.133. The second-order valence-electron chi connectivity index (χ2n) is 4.14. The molecule has 0 aromatic heterocycles. The lowest BCUT2D eigenvalue weighted by atomic mass is 10.1. The van der Waals surface area contributed by atoms with Crippen LogP contribution in [0.4, 0.5) is 5.69 Å². The number of hydrogen-bond donors (Lipinski definition) is 1. The molecule has 1 amide bonds. The molecule has 2 aromatic carbocycles. The van der Waals surface area contributed by atoms with E-state index in [0.717, 1.165) is 0 Å². The number of benzene rings is 2. The van der Waals surface area contributed by atoms with Gasteiger partial charge in [0.1, 0.15) is 0 Å². The Labute approximate surface area is 127 Å². The van der Waals surface area contributed by atoms with Crippen molar-refractivity contribution in [3.8, 4) is 0 Å². The van der Waals surface area contributed by atoms with Gasteiger partial charge in [-0.25, -0.2) is 0 Å². The van der Waals surface area contributed by atoms with Crippen molar-refractivity contribution >= 4 is 34.8 Å². The molecule has 0 aliphatic rings. The molecular weight excluding hydrogens is 297 g/mol. The molecule has 0 aliphatic heterocycles. The smallest absolute Gasteiger partial charge is 0.259 e. The SMILES string of the molecule is O=C(c1ccc(Cl)cc1Cl)N(CCO)c1ccccc1. The first-order chi connectivity index (χ1) is 9.63. The van der Waals surface area contributed by atoms with E-state index in [0.29, 0.717) is 21.3 Å². The predicted molar refractivity (Wildman–Crippen MR) is 81.7 cm³/mol. The highest BCUT2D eigenvalue weighted by Gasteiger charge is 2.19. The standard InChI is InChI=1S/C15H13Cl2NO2/c16-11-6-7-13(14(17)10-11)15(20)18(8-9-19)12-4-2-1-3-5-12/h1-7,10,19H,8-9H2. The topological polar surface area (TPSA) is 40.5 Å². The fourth-order valence-electron chi connectivity index (χ4n) is 1.86. The quantitative estimate of drug-likeness (QED) is 0.937. The van der Waals surface area contributed by atoms with Gasteiger partial charge in [-0.15, -0.1) is 0 Å². The van der Waals surface area contributed by atoms with E-state index in [9.17, 15) is 4.79 Å². The lowest BCUT2D eigenvalue weighted by molar-refractivity contribution is 0.0981. The number of nitrogens with zero attached hydrogens (tertiary/aromatic N) is 1. The number of rotatable bonds is 4. The summed E-state index contributed by atoms with van der Waals surface area (Å²) in [6.45, 7) is 0.0631. The molecule has 0 saturated carbocycles. The Morgan fingerprint density at radius 2 is 1.80 bits per heavy atom. The molecule has 1 N–H and O–H groups in total. The molecule has 0 saturated heterocycles. The molecule has 0 heterocycles. The first-order valence-corrected chi connectivity index (χ1v) is 6.82. The average Bonchev–Trinajstić information content (AvgIpc) is 2.45. The monoisotopic (exact) mass is 309 g/mol. The highest BCUT2D eigenvalue weighted by molar-refractivity contribution is 6.37. The maximum Gasteiger partial charge on any atom is 0.259 e. The summed E-state index contributed by atoms with van der Waals surface area (Å²) in [5.74, 6) is -0.271. The van der Waals surface area contributed by atoms with Gasteiger partial charge in [0.15, 0.2) is 0 Å². The van der Waals surface area contributed by atoms with E-state index in [2.05, 4.69) is 0 Å². The zero-order chi connectivity index (χ0) is 14.5. The minimum Gasteiger partial charge on any atom is -0.395 e. The van der Waals surface area contributed by atoms with Crippen LogP contribution in [0.15, 0.2) is 48.5 Å². The summed E-state index contributed by atoms with van der Waals surface area (Å²) >= 11 is 11.9. The van der Waals surface area contributed by atoms with Crippen molar-refractivity contribution in [2.75, 3.05) is 18.1 Å². The molecule has 3 nitrogen and oxygen atoms in total. The number of aliphatic hydroxyl groups is 1. The zero-order valence-corrected chi connectivity index (χ0v) is 12.1. The number of amides is 1. The highest BCUT2D eigenvalue weighted by Crippen LogP contribution is 2.24. The molecule has 2 aromatic rings. The normalized spacial score (nSPS) is 10.3. The molecule has 0 radical (unpaired) electrons. The molecule has 2 rings (SSSR count). The van der Waals surface area contributed by atoms with Crippen LogP contribution in [0.1, 0.15) is 10.4 Å². The lowest BCUT2D eigenvalue weighted by Gasteiger charge is -2.22.